The van der Waals surface area contributed by atoms with Gasteiger partial charge in [0.15, 0.2) is 0 Å². The number of imidazole rings is 2. The van der Waals surface area contributed by atoms with E-state index in [-0.39, 0.29) is 5.41 Å². The summed E-state index contributed by atoms with van der Waals surface area (Å²) in [7, 11) is 0. The predicted octanol–water partition coefficient (Wildman–Crippen LogP) is 6.89. The molecule has 0 bridgehead atoms. The smallest absolute Gasteiger partial charge is 0.100 e. The lowest BCUT2D eigenvalue weighted by atomic mass is 9.47. The molecular weight excluding hydrogens is 404 g/mol. The fourth-order valence-electron chi connectivity index (χ4n) is 8.48. The Labute approximate surface area is 196 Å². The van der Waals surface area contributed by atoms with E-state index in [1.807, 2.05) is 12.5 Å². The largest absolute Gasteiger partial charge is 0.331 e. The molecule has 33 heavy (non-hydrogen) atoms. The van der Waals surface area contributed by atoms with Gasteiger partial charge in [-0.2, -0.15) is 0 Å². The minimum atomic E-state index is 0.260. The van der Waals surface area contributed by atoms with Crippen molar-refractivity contribution in [3.63, 3.8) is 0 Å². The van der Waals surface area contributed by atoms with Crippen LogP contribution in [0, 0.1) is 28.6 Å². The molecule has 170 valence electrons. The van der Waals surface area contributed by atoms with Crippen LogP contribution in [0.25, 0.3) is 16.7 Å². The molecule has 4 heteroatoms. The Hall–Kier alpha value is -2.62. The molecule has 0 amide bonds. The summed E-state index contributed by atoms with van der Waals surface area (Å²) in [5, 5.41) is 0. The summed E-state index contributed by atoms with van der Waals surface area (Å²) in [6, 6.07) is 9.09. The molecule has 2 aromatic heterocycles. The summed E-state index contributed by atoms with van der Waals surface area (Å²) >= 11 is 0. The third kappa shape index (κ3) is 2.70. The van der Waals surface area contributed by atoms with E-state index in [1.165, 1.54) is 56.2 Å². The summed E-state index contributed by atoms with van der Waals surface area (Å²) in [5.41, 5.74) is 6.25. The topological polar surface area (TPSA) is 35.6 Å². The van der Waals surface area contributed by atoms with Crippen LogP contribution >= 0.6 is 0 Å². The Morgan fingerprint density at radius 1 is 0.970 bits per heavy atom. The van der Waals surface area contributed by atoms with Gasteiger partial charge in [-0.1, -0.05) is 43.7 Å². The van der Waals surface area contributed by atoms with E-state index >= 15 is 0 Å². The monoisotopic (exact) mass is 438 g/mol. The number of aromatic nitrogens is 4. The van der Waals surface area contributed by atoms with E-state index in [4.69, 9.17) is 4.98 Å². The minimum absolute atomic E-state index is 0.260. The van der Waals surface area contributed by atoms with Crippen LogP contribution in [0.5, 0.6) is 0 Å². The third-order valence-corrected chi connectivity index (χ3v) is 10.2. The zero-order valence-corrected chi connectivity index (χ0v) is 19.8. The Morgan fingerprint density at radius 3 is 2.73 bits per heavy atom. The second-order valence-electron chi connectivity index (χ2n) is 11.5. The van der Waals surface area contributed by atoms with Gasteiger partial charge in [0.2, 0.25) is 0 Å². The number of hydrogen-bond donors (Lipinski definition) is 0. The Morgan fingerprint density at radius 2 is 1.85 bits per heavy atom. The highest BCUT2D eigenvalue weighted by molar-refractivity contribution is 5.80. The second kappa shape index (κ2) is 6.94. The number of nitrogens with zero attached hydrogens (tertiary/aromatic N) is 4. The van der Waals surface area contributed by atoms with Gasteiger partial charge in [-0.3, -0.25) is 0 Å². The van der Waals surface area contributed by atoms with Gasteiger partial charge in [0.1, 0.15) is 6.33 Å². The van der Waals surface area contributed by atoms with Gasteiger partial charge >= 0.3 is 0 Å². The average molecular weight is 439 g/mol. The van der Waals surface area contributed by atoms with E-state index < -0.39 is 0 Å². The maximum atomic E-state index is 4.71. The molecule has 1 aromatic carbocycles. The molecule has 0 N–H and O–H groups in total. The highest BCUT2D eigenvalue weighted by Gasteiger charge is 2.57. The van der Waals surface area contributed by atoms with Gasteiger partial charge in [0.05, 0.1) is 23.4 Å². The van der Waals surface area contributed by atoms with Crippen molar-refractivity contribution in [1.82, 2.24) is 19.1 Å². The summed E-state index contributed by atoms with van der Waals surface area (Å²) in [6.45, 7) is 5.17. The lowest BCUT2D eigenvalue weighted by Crippen LogP contribution is -2.50. The first kappa shape index (κ1) is 19.8. The van der Waals surface area contributed by atoms with Crippen LogP contribution in [0.1, 0.15) is 64.8 Å². The van der Waals surface area contributed by atoms with Crippen molar-refractivity contribution in [2.24, 2.45) is 28.6 Å². The van der Waals surface area contributed by atoms with Crippen molar-refractivity contribution >= 4 is 16.7 Å². The van der Waals surface area contributed by atoms with Gasteiger partial charge in [0, 0.05) is 23.5 Å². The number of fused-ring (bicyclic) bond motifs is 6. The molecule has 4 aliphatic carbocycles. The molecule has 2 saturated carbocycles. The number of rotatable bonds is 2. The van der Waals surface area contributed by atoms with Crippen molar-refractivity contribution in [1.29, 1.82) is 0 Å². The van der Waals surface area contributed by atoms with Crippen LogP contribution in [0.4, 0.5) is 0 Å². The van der Waals surface area contributed by atoms with Crippen LogP contribution in [0.15, 0.2) is 67.0 Å². The molecule has 0 aliphatic heterocycles. The molecule has 0 spiro atoms. The summed E-state index contributed by atoms with van der Waals surface area (Å²) in [6.07, 6.45) is 22.4. The highest BCUT2D eigenvalue weighted by Crippen LogP contribution is 2.66. The molecular formula is C29H34N4. The molecule has 7 rings (SSSR count). The first-order valence-corrected chi connectivity index (χ1v) is 12.9. The molecule has 2 fully saturated rings. The lowest BCUT2D eigenvalue weighted by molar-refractivity contribution is -0.0251. The number of hydrogen-bond acceptors (Lipinski definition) is 2. The van der Waals surface area contributed by atoms with E-state index in [2.05, 4.69) is 76.9 Å². The van der Waals surface area contributed by atoms with Gasteiger partial charge in [0.25, 0.3) is 0 Å². The Bertz CT molecular complexity index is 1260. The quantitative estimate of drug-likeness (QED) is 0.409. The SMILES string of the molecule is C[C@]12CC[C@@H](n3ccnc3)C=C1CCC1C2CC[C@]2(C)C(n3cnc4ccccc43)=CCC12. The van der Waals surface area contributed by atoms with Crippen molar-refractivity contribution < 1.29 is 0 Å². The lowest BCUT2D eigenvalue weighted by Gasteiger charge is -2.58. The number of para-hydroxylation sites is 2. The van der Waals surface area contributed by atoms with Gasteiger partial charge < -0.3 is 9.13 Å². The van der Waals surface area contributed by atoms with E-state index in [9.17, 15) is 0 Å². The molecule has 2 heterocycles. The first-order valence-electron chi connectivity index (χ1n) is 12.9. The normalized spacial score (nSPS) is 37.8. The van der Waals surface area contributed by atoms with Crippen molar-refractivity contribution in [3.05, 3.63) is 67.0 Å². The van der Waals surface area contributed by atoms with Crippen molar-refractivity contribution in [2.75, 3.05) is 0 Å². The van der Waals surface area contributed by atoms with Crippen molar-refractivity contribution in [3.8, 4) is 0 Å². The molecule has 4 aliphatic rings. The fourth-order valence-corrected chi connectivity index (χ4v) is 8.48. The molecule has 4 nitrogen and oxygen atoms in total. The third-order valence-electron chi connectivity index (χ3n) is 10.2. The maximum absolute atomic E-state index is 4.71. The standard InChI is InChI=1S/C29H34N4/c1-28-13-11-21(32-16-15-30-18-32)17-20(28)7-8-22-23-9-10-27(29(23,2)14-12-24(22)28)33-19-31-25-5-3-4-6-26(25)33/h3-6,10,15-19,21-24H,7-9,11-14H2,1-2H3/t21-,22?,23?,24?,28+,29+/m1/s1. The first-order chi connectivity index (χ1) is 16.1. The highest BCUT2D eigenvalue weighted by atomic mass is 15.1. The predicted molar refractivity (Wildman–Crippen MR) is 132 cm³/mol. The average Bonchev–Trinajstić information content (AvgIpc) is 3.57. The van der Waals surface area contributed by atoms with Crippen LogP contribution in [-0.2, 0) is 0 Å². The van der Waals surface area contributed by atoms with Gasteiger partial charge in [-0.05, 0) is 80.2 Å². The Kier molecular flexibility index (Phi) is 4.17. The molecule has 6 atom stereocenters. The molecule has 0 saturated heterocycles. The second-order valence-corrected chi connectivity index (χ2v) is 11.5. The molecule has 3 unspecified atom stereocenters. The zero-order chi connectivity index (χ0) is 22.2. The van der Waals surface area contributed by atoms with E-state index in [1.54, 1.807) is 5.57 Å². The van der Waals surface area contributed by atoms with Gasteiger partial charge in [-0.25, -0.2) is 9.97 Å². The summed E-state index contributed by atoms with van der Waals surface area (Å²) in [5.74, 6) is 2.42. The fraction of sp³-hybridized carbons (Fsp3) is 0.517. The summed E-state index contributed by atoms with van der Waals surface area (Å²) < 4.78 is 4.71. The number of allylic oxidation sites excluding steroid dienone is 4. The Balaban J connectivity index is 1.20. The molecule has 3 aromatic rings. The van der Waals surface area contributed by atoms with Gasteiger partial charge in [-0.15, -0.1) is 0 Å². The maximum Gasteiger partial charge on any atom is 0.100 e. The van der Waals surface area contributed by atoms with Crippen LogP contribution in [-0.4, -0.2) is 19.1 Å². The van der Waals surface area contributed by atoms with Crippen LogP contribution < -0.4 is 0 Å². The zero-order valence-electron chi connectivity index (χ0n) is 19.8. The summed E-state index contributed by atoms with van der Waals surface area (Å²) in [4.78, 5) is 9.01. The number of benzene rings is 1. The molecule has 0 radical (unpaired) electrons. The van der Waals surface area contributed by atoms with Crippen molar-refractivity contribution in [2.45, 2.75) is 64.8 Å². The van der Waals surface area contributed by atoms with Crippen LogP contribution in [0.2, 0.25) is 0 Å². The van der Waals surface area contributed by atoms with Crippen LogP contribution in [0.3, 0.4) is 0 Å². The van der Waals surface area contributed by atoms with E-state index in [0.29, 0.717) is 11.5 Å². The van der Waals surface area contributed by atoms with E-state index in [0.717, 1.165) is 23.3 Å². The minimum Gasteiger partial charge on any atom is -0.331 e.